The number of benzene rings is 1. The summed E-state index contributed by atoms with van der Waals surface area (Å²) in [5.74, 6) is -0.153. The van der Waals surface area contributed by atoms with Crippen molar-refractivity contribution in [2.75, 3.05) is 31.1 Å². The van der Waals surface area contributed by atoms with Crippen LogP contribution in [0, 0.1) is 12.7 Å². The van der Waals surface area contributed by atoms with Gasteiger partial charge in [0, 0.05) is 38.1 Å². The maximum atomic E-state index is 13.2. The predicted molar refractivity (Wildman–Crippen MR) is 80.7 cm³/mol. The van der Waals surface area contributed by atoms with Crippen molar-refractivity contribution in [3.8, 4) is 0 Å². The van der Waals surface area contributed by atoms with Crippen molar-refractivity contribution in [1.82, 2.24) is 9.88 Å². The highest BCUT2D eigenvalue weighted by atomic mass is 32.1. The Labute approximate surface area is 122 Å². The molecular formula is C15H18FN3S. The zero-order valence-electron chi connectivity index (χ0n) is 11.6. The van der Waals surface area contributed by atoms with Crippen molar-refractivity contribution in [1.29, 1.82) is 0 Å². The van der Waals surface area contributed by atoms with Gasteiger partial charge in [0.25, 0.3) is 0 Å². The number of hydrogen-bond acceptors (Lipinski definition) is 4. The maximum Gasteiger partial charge on any atom is 0.185 e. The minimum absolute atomic E-state index is 0.153. The third kappa shape index (κ3) is 3.16. The Bertz CT molecular complexity index is 576. The van der Waals surface area contributed by atoms with E-state index in [1.807, 2.05) is 13.0 Å². The predicted octanol–water partition coefficient (Wildman–Crippen LogP) is 2.91. The highest BCUT2D eigenvalue weighted by molar-refractivity contribution is 7.13. The summed E-state index contributed by atoms with van der Waals surface area (Å²) in [7, 11) is 0. The molecule has 0 bridgehead atoms. The fraction of sp³-hybridized carbons (Fsp3) is 0.400. The molecule has 1 aromatic heterocycles. The number of anilines is 1. The first-order chi connectivity index (χ1) is 9.70. The Balaban J connectivity index is 1.56. The van der Waals surface area contributed by atoms with E-state index in [-0.39, 0.29) is 5.82 Å². The highest BCUT2D eigenvalue weighted by Crippen LogP contribution is 2.21. The van der Waals surface area contributed by atoms with E-state index < -0.39 is 0 Å². The summed E-state index contributed by atoms with van der Waals surface area (Å²) in [4.78, 5) is 9.23. The van der Waals surface area contributed by atoms with Crippen molar-refractivity contribution >= 4 is 16.5 Å². The van der Waals surface area contributed by atoms with E-state index in [9.17, 15) is 4.39 Å². The molecule has 1 aliphatic heterocycles. The average Bonchev–Trinajstić information content (AvgIpc) is 2.86. The lowest BCUT2D eigenvalue weighted by molar-refractivity contribution is 0.249. The molecular weight excluding hydrogens is 273 g/mol. The van der Waals surface area contributed by atoms with Crippen molar-refractivity contribution in [2.45, 2.75) is 13.5 Å². The number of nitrogens with zero attached hydrogens (tertiary/aromatic N) is 3. The van der Waals surface area contributed by atoms with Crippen LogP contribution in [0.1, 0.15) is 11.3 Å². The van der Waals surface area contributed by atoms with Gasteiger partial charge < -0.3 is 4.90 Å². The van der Waals surface area contributed by atoms with Gasteiger partial charge in [0.05, 0.1) is 5.69 Å². The van der Waals surface area contributed by atoms with Crippen LogP contribution in [0.5, 0.6) is 0 Å². The number of thiazole rings is 1. The smallest absolute Gasteiger partial charge is 0.185 e. The fourth-order valence-electron chi connectivity index (χ4n) is 2.48. The molecule has 0 aliphatic carbocycles. The van der Waals surface area contributed by atoms with Crippen molar-refractivity contribution in [2.24, 2.45) is 0 Å². The van der Waals surface area contributed by atoms with E-state index in [2.05, 4.69) is 20.2 Å². The Hall–Kier alpha value is -1.46. The lowest BCUT2D eigenvalue weighted by Crippen LogP contribution is -2.45. The Kier molecular flexibility index (Phi) is 3.98. The third-order valence-corrected chi connectivity index (χ3v) is 4.56. The number of aryl methyl sites for hydroxylation is 1. The van der Waals surface area contributed by atoms with Crippen molar-refractivity contribution in [3.63, 3.8) is 0 Å². The molecule has 5 heteroatoms. The Morgan fingerprint density at radius 3 is 2.70 bits per heavy atom. The van der Waals surface area contributed by atoms with Gasteiger partial charge >= 0.3 is 0 Å². The molecule has 1 saturated heterocycles. The highest BCUT2D eigenvalue weighted by Gasteiger charge is 2.19. The van der Waals surface area contributed by atoms with Crippen molar-refractivity contribution in [3.05, 3.63) is 46.7 Å². The molecule has 1 aromatic carbocycles. The van der Waals surface area contributed by atoms with E-state index in [0.717, 1.165) is 49.1 Å². The van der Waals surface area contributed by atoms with Gasteiger partial charge in [0.2, 0.25) is 0 Å². The average molecular weight is 291 g/mol. The normalized spacial score (nSPS) is 16.6. The number of rotatable bonds is 3. The number of hydrogen-bond donors (Lipinski definition) is 0. The number of aromatic nitrogens is 1. The first kappa shape index (κ1) is 13.5. The van der Waals surface area contributed by atoms with Gasteiger partial charge in [-0.2, -0.15) is 0 Å². The molecule has 3 nitrogen and oxygen atoms in total. The fourth-order valence-corrected chi connectivity index (χ4v) is 3.33. The maximum absolute atomic E-state index is 13.2. The molecule has 0 N–H and O–H groups in total. The van der Waals surface area contributed by atoms with Crippen LogP contribution in [0.4, 0.5) is 9.52 Å². The molecule has 0 unspecified atom stereocenters. The van der Waals surface area contributed by atoms with Crippen LogP contribution in [-0.4, -0.2) is 36.1 Å². The molecule has 20 heavy (non-hydrogen) atoms. The molecule has 0 saturated carbocycles. The summed E-state index contributed by atoms with van der Waals surface area (Å²) in [5.41, 5.74) is 2.13. The van der Waals surface area contributed by atoms with E-state index in [1.54, 1.807) is 23.5 Å². The summed E-state index contributed by atoms with van der Waals surface area (Å²) in [6, 6.07) is 6.88. The molecule has 0 atom stereocenters. The standard InChI is InChI=1S/C15H18FN3S/c1-12-11-20-15(17-12)19-7-5-18(6-8-19)10-13-3-2-4-14(16)9-13/h2-4,9,11H,5-8,10H2,1H3. The molecule has 0 spiro atoms. The second-order valence-electron chi connectivity index (χ2n) is 5.16. The summed E-state index contributed by atoms with van der Waals surface area (Å²) < 4.78 is 13.2. The molecule has 106 valence electrons. The zero-order valence-corrected chi connectivity index (χ0v) is 12.4. The first-order valence-electron chi connectivity index (χ1n) is 6.84. The Morgan fingerprint density at radius 2 is 2.05 bits per heavy atom. The summed E-state index contributed by atoms with van der Waals surface area (Å²) in [6.45, 7) is 6.82. The molecule has 1 aliphatic rings. The lowest BCUT2D eigenvalue weighted by Gasteiger charge is -2.34. The van der Waals surface area contributed by atoms with E-state index in [4.69, 9.17) is 0 Å². The van der Waals surface area contributed by atoms with E-state index in [0.29, 0.717) is 0 Å². The van der Waals surface area contributed by atoms with Crippen LogP contribution in [-0.2, 0) is 6.54 Å². The SMILES string of the molecule is Cc1csc(N2CCN(Cc3cccc(F)c3)CC2)n1. The van der Waals surface area contributed by atoms with Crippen LogP contribution < -0.4 is 4.90 Å². The van der Waals surface area contributed by atoms with Crippen LogP contribution in [0.2, 0.25) is 0 Å². The Morgan fingerprint density at radius 1 is 1.25 bits per heavy atom. The third-order valence-electron chi connectivity index (χ3n) is 3.54. The summed E-state index contributed by atoms with van der Waals surface area (Å²) in [6.07, 6.45) is 0. The van der Waals surface area contributed by atoms with Crippen LogP contribution >= 0.6 is 11.3 Å². The zero-order chi connectivity index (χ0) is 13.9. The minimum Gasteiger partial charge on any atom is -0.346 e. The molecule has 2 heterocycles. The van der Waals surface area contributed by atoms with Crippen LogP contribution in [0.3, 0.4) is 0 Å². The van der Waals surface area contributed by atoms with Gasteiger partial charge in [-0.05, 0) is 24.6 Å². The van der Waals surface area contributed by atoms with E-state index in [1.165, 1.54) is 6.07 Å². The van der Waals surface area contributed by atoms with Gasteiger partial charge in [-0.15, -0.1) is 11.3 Å². The largest absolute Gasteiger partial charge is 0.346 e. The van der Waals surface area contributed by atoms with Gasteiger partial charge in [0.15, 0.2) is 5.13 Å². The molecule has 0 radical (unpaired) electrons. The summed E-state index contributed by atoms with van der Waals surface area (Å²) in [5, 5.41) is 3.21. The monoisotopic (exact) mass is 291 g/mol. The lowest BCUT2D eigenvalue weighted by atomic mass is 10.2. The second kappa shape index (κ2) is 5.89. The quantitative estimate of drug-likeness (QED) is 0.867. The summed E-state index contributed by atoms with van der Waals surface area (Å²) >= 11 is 1.71. The molecule has 0 amide bonds. The van der Waals surface area contributed by atoms with Gasteiger partial charge in [-0.25, -0.2) is 9.37 Å². The minimum atomic E-state index is -0.153. The van der Waals surface area contributed by atoms with E-state index >= 15 is 0 Å². The topological polar surface area (TPSA) is 19.4 Å². The second-order valence-corrected chi connectivity index (χ2v) is 6.00. The molecule has 2 aromatic rings. The van der Waals surface area contributed by atoms with Crippen LogP contribution in [0.15, 0.2) is 29.6 Å². The van der Waals surface area contributed by atoms with Gasteiger partial charge in [-0.1, -0.05) is 12.1 Å². The van der Waals surface area contributed by atoms with Crippen LogP contribution in [0.25, 0.3) is 0 Å². The molecule has 1 fully saturated rings. The van der Waals surface area contributed by atoms with Gasteiger partial charge in [0.1, 0.15) is 5.82 Å². The first-order valence-corrected chi connectivity index (χ1v) is 7.72. The number of halogens is 1. The molecule has 3 rings (SSSR count). The van der Waals surface area contributed by atoms with Gasteiger partial charge in [-0.3, -0.25) is 4.90 Å². The number of piperazine rings is 1. The van der Waals surface area contributed by atoms with Crippen molar-refractivity contribution < 1.29 is 4.39 Å².